The summed E-state index contributed by atoms with van der Waals surface area (Å²) >= 11 is 1.65. The van der Waals surface area contributed by atoms with Crippen molar-refractivity contribution in [1.29, 1.82) is 0 Å². The van der Waals surface area contributed by atoms with Gasteiger partial charge in [0, 0.05) is 18.2 Å². The lowest BCUT2D eigenvalue weighted by molar-refractivity contribution is 0.275. The molecule has 0 atom stereocenters. The molecule has 0 amide bonds. The molecule has 13 heavy (non-hydrogen) atoms. The van der Waals surface area contributed by atoms with Crippen molar-refractivity contribution in [3.05, 3.63) is 16.6 Å². The van der Waals surface area contributed by atoms with Crippen molar-refractivity contribution in [3.8, 4) is 0 Å². The molecular weight excluding hydrogens is 184 g/mol. The fraction of sp³-hybridized carbons (Fsp3) is 0.667. The van der Waals surface area contributed by atoms with Gasteiger partial charge in [0.05, 0.1) is 5.54 Å². The fourth-order valence-corrected chi connectivity index (χ4v) is 1.83. The Morgan fingerprint density at radius 2 is 2.38 bits per heavy atom. The van der Waals surface area contributed by atoms with Crippen LogP contribution in [0.1, 0.15) is 25.3 Å². The zero-order valence-corrected chi connectivity index (χ0v) is 8.90. The first-order valence-electron chi connectivity index (χ1n) is 4.42. The lowest BCUT2D eigenvalue weighted by Crippen LogP contribution is -2.37. The van der Waals surface area contributed by atoms with Gasteiger partial charge >= 0.3 is 0 Å². The Bertz CT molecular complexity index is 234. The van der Waals surface area contributed by atoms with Crippen LogP contribution in [-0.2, 0) is 5.54 Å². The molecule has 0 aliphatic heterocycles. The van der Waals surface area contributed by atoms with Crippen molar-refractivity contribution >= 4 is 11.3 Å². The number of thiazole rings is 1. The number of hydrogen-bond donors (Lipinski definition) is 2. The number of aliphatic hydroxyl groups is 1. The van der Waals surface area contributed by atoms with E-state index in [-0.39, 0.29) is 12.1 Å². The Labute approximate surface area is 82.8 Å². The summed E-state index contributed by atoms with van der Waals surface area (Å²) in [5.41, 5.74) is -0.0800. The summed E-state index contributed by atoms with van der Waals surface area (Å²) in [5.74, 6) is 0. The normalized spacial score (nSPS) is 11.9. The van der Waals surface area contributed by atoms with Crippen molar-refractivity contribution in [3.63, 3.8) is 0 Å². The molecule has 3 nitrogen and oxygen atoms in total. The van der Waals surface area contributed by atoms with Crippen molar-refractivity contribution in [2.45, 2.75) is 25.8 Å². The van der Waals surface area contributed by atoms with E-state index in [9.17, 15) is 0 Å². The van der Waals surface area contributed by atoms with Crippen LogP contribution in [0.5, 0.6) is 0 Å². The molecule has 0 unspecified atom stereocenters. The number of hydrogen-bond acceptors (Lipinski definition) is 4. The molecule has 2 N–H and O–H groups in total. The average Bonchev–Trinajstić information content (AvgIpc) is 2.56. The molecule has 1 rings (SSSR count). The van der Waals surface area contributed by atoms with E-state index in [1.54, 1.807) is 11.3 Å². The van der Waals surface area contributed by atoms with Crippen LogP contribution in [-0.4, -0.2) is 23.2 Å². The first kappa shape index (κ1) is 10.6. The molecule has 0 bridgehead atoms. The van der Waals surface area contributed by atoms with Gasteiger partial charge in [0.2, 0.25) is 0 Å². The van der Waals surface area contributed by atoms with Crippen molar-refractivity contribution < 1.29 is 5.11 Å². The van der Waals surface area contributed by atoms with Gasteiger partial charge < -0.3 is 10.4 Å². The van der Waals surface area contributed by atoms with Gasteiger partial charge in [-0.3, -0.25) is 0 Å². The second kappa shape index (κ2) is 4.69. The summed E-state index contributed by atoms with van der Waals surface area (Å²) in [5, 5.41) is 15.1. The molecule has 74 valence electrons. The highest BCUT2D eigenvalue weighted by molar-refractivity contribution is 7.09. The number of rotatable bonds is 5. The smallest absolute Gasteiger partial charge is 0.112 e. The summed E-state index contributed by atoms with van der Waals surface area (Å²) in [6.07, 6.45) is 2.60. The minimum atomic E-state index is -0.0800. The Kier molecular flexibility index (Phi) is 3.84. The molecule has 0 saturated carbocycles. The van der Waals surface area contributed by atoms with Gasteiger partial charge in [-0.25, -0.2) is 4.98 Å². The van der Waals surface area contributed by atoms with E-state index in [0.717, 1.165) is 18.0 Å². The lowest BCUT2D eigenvalue weighted by Gasteiger charge is -2.23. The maximum Gasteiger partial charge on any atom is 0.112 e. The molecule has 0 aromatic carbocycles. The molecule has 0 saturated heterocycles. The topological polar surface area (TPSA) is 45.1 Å². The van der Waals surface area contributed by atoms with E-state index in [0.29, 0.717) is 0 Å². The van der Waals surface area contributed by atoms with E-state index < -0.39 is 0 Å². The number of nitrogens with one attached hydrogen (secondary N) is 1. The third kappa shape index (κ3) is 3.06. The fourth-order valence-electron chi connectivity index (χ4n) is 1.09. The third-order valence-electron chi connectivity index (χ3n) is 1.87. The van der Waals surface area contributed by atoms with Crippen molar-refractivity contribution in [1.82, 2.24) is 10.3 Å². The number of aliphatic hydroxyl groups excluding tert-OH is 1. The van der Waals surface area contributed by atoms with Gasteiger partial charge in [-0.15, -0.1) is 11.3 Å². The van der Waals surface area contributed by atoms with E-state index in [2.05, 4.69) is 24.1 Å². The maximum atomic E-state index is 8.64. The molecule has 1 aromatic rings. The Balaban J connectivity index is 2.46. The quantitative estimate of drug-likeness (QED) is 0.705. The predicted octanol–water partition coefficient (Wildman–Crippen LogP) is 1.35. The first-order valence-corrected chi connectivity index (χ1v) is 5.30. The van der Waals surface area contributed by atoms with E-state index in [4.69, 9.17) is 5.11 Å². The van der Waals surface area contributed by atoms with Gasteiger partial charge in [0.15, 0.2) is 0 Å². The highest BCUT2D eigenvalue weighted by atomic mass is 32.1. The lowest BCUT2D eigenvalue weighted by atomic mass is 10.1. The van der Waals surface area contributed by atoms with E-state index >= 15 is 0 Å². The highest BCUT2D eigenvalue weighted by Gasteiger charge is 2.21. The van der Waals surface area contributed by atoms with Crippen molar-refractivity contribution in [2.75, 3.05) is 13.2 Å². The van der Waals surface area contributed by atoms with Crippen LogP contribution in [0.3, 0.4) is 0 Å². The predicted molar refractivity (Wildman–Crippen MR) is 54.8 cm³/mol. The standard InChI is InChI=1S/C9H16N2OS/c1-9(2,11-4-3-6-12)8-10-5-7-13-8/h5,7,11-12H,3-4,6H2,1-2H3. The summed E-state index contributed by atoms with van der Waals surface area (Å²) in [4.78, 5) is 4.26. The zero-order valence-electron chi connectivity index (χ0n) is 8.08. The van der Waals surface area contributed by atoms with E-state index in [1.807, 2.05) is 11.6 Å². The van der Waals surface area contributed by atoms with Crippen LogP contribution in [0.4, 0.5) is 0 Å². The molecule has 1 heterocycles. The monoisotopic (exact) mass is 200 g/mol. The Morgan fingerprint density at radius 1 is 1.62 bits per heavy atom. The van der Waals surface area contributed by atoms with Crippen LogP contribution in [0.15, 0.2) is 11.6 Å². The van der Waals surface area contributed by atoms with Crippen LogP contribution >= 0.6 is 11.3 Å². The minimum Gasteiger partial charge on any atom is -0.396 e. The molecule has 4 heteroatoms. The summed E-state index contributed by atoms with van der Waals surface area (Å²) in [6, 6.07) is 0. The van der Waals surface area contributed by atoms with Gasteiger partial charge in [-0.1, -0.05) is 0 Å². The van der Waals surface area contributed by atoms with Crippen LogP contribution in [0.25, 0.3) is 0 Å². The van der Waals surface area contributed by atoms with Gasteiger partial charge in [-0.2, -0.15) is 0 Å². The van der Waals surface area contributed by atoms with Crippen LogP contribution in [0, 0.1) is 0 Å². The molecule has 0 aliphatic carbocycles. The summed E-state index contributed by atoms with van der Waals surface area (Å²) < 4.78 is 0. The molecule has 0 aliphatic rings. The average molecular weight is 200 g/mol. The largest absolute Gasteiger partial charge is 0.396 e. The second-order valence-electron chi connectivity index (χ2n) is 3.47. The third-order valence-corrected chi connectivity index (χ3v) is 2.97. The van der Waals surface area contributed by atoms with Crippen LogP contribution < -0.4 is 5.32 Å². The van der Waals surface area contributed by atoms with Crippen molar-refractivity contribution in [2.24, 2.45) is 0 Å². The first-order chi connectivity index (χ1) is 6.17. The molecule has 1 aromatic heterocycles. The second-order valence-corrected chi connectivity index (χ2v) is 4.36. The number of nitrogens with zero attached hydrogens (tertiary/aromatic N) is 1. The Hall–Kier alpha value is -0.450. The molecule has 0 fully saturated rings. The van der Waals surface area contributed by atoms with Gasteiger partial charge in [0.25, 0.3) is 0 Å². The molecule has 0 spiro atoms. The summed E-state index contributed by atoms with van der Waals surface area (Å²) in [6.45, 7) is 5.26. The molecular formula is C9H16N2OS. The minimum absolute atomic E-state index is 0.0800. The zero-order chi connectivity index (χ0) is 9.73. The van der Waals surface area contributed by atoms with Gasteiger partial charge in [0.1, 0.15) is 5.01 Å². The highest BCUT2D eigenvalue weighted by Crippen LogP contribution is 2.21. The SMILES string of the molecule is CC(C)(NCCCO)c1nccs1. The molecule has 0 radical (unpaired) electrons. The Morgan fingerprint density at radius 3 is 2.92 bits per heavy atom. The number of aromatic nitrogens is 1. The van der Waals surface area contributed by atoms with E-state index in [1.165, 1.54) is 0 Å². The van der Waals surface area contributed by atoms with Crippen LogP contribution in [0.2, 0.25) is 0 Å². The summed E-state index contributed by atoms with van der Waals surface area (Å²) in [7, 11) is 0. The maximum absolute atomic E-state index is 8.64. The van der Waals surface area contributed by atoms with Gasteiger partial charge in [-0.05, 0) is 26.8 Å².